The van der Waals surface area contributed by atoms with Crippen molar-refractivity contribution in [3.63, 3.8) is 0 Å². The smallest absolute Gasteiger partial charge is 0.175 e. The molecule has 1 aliphatic rings. The molecule has 6 heteroatoms. The number of rotatable bonds is 6. The van der Waals surface area contributed by atoms with Gasteiger partial charge in [-0.05, 0) is 86.1 Å². The van der Waals surface area contributed by atoms with Crippen LogP contribution in [0.4, 0.5) is 5.00 Å². The summed E-state index contributed by atoms with van der Waals surface area (Å²) in [6, 6.07) is 20.9. The van der Waals surface area contributed by atoms with Gasteiger partial charge in [0, 0.05) is 11.1 Å². The monoisotopic (exact) mass is 586 g/mol. The lowest BCUT2D eigenvalue weighted by atomic mass is 9.72. The van der Waals surface area contributed by atoms with E-state index < -0.39 is 0 Å². The van der Waals surface area contributed by atoms with Gasteiger partial charge in [-0.25, -0.2) is 4.99 Å². The Bertz CT molecular complexity index is 1550. The summed E-state index contributed by atoms with van der Waals surface area (Å²) >= 11 is 5.33. The lowest BCUT2D eigenvalue weighted by Crippen LogP contribution is -2.26. The second kappa shape index (κ2) is 10.9. The van der Waals surface area contributed by atoms with Crippen LogP contribution in [0.25, 0.3) is 10.8 Å². The number of ether oxygens (including phenoxy) is 2. The van der Waals surface area contributed by atoms with Crippen LogP contribution < -0.4 is 9.47 Å². The van der Waals surface area contributed by atoms with Crippen molar-refractivity contribution in [3.8, 4) is 17.6 Å². The molecule has 4 nitrogen and oxygen atoms in total. The van der Waals surface area contributed by atoms with Crippen molar-refractivity contribution in [2.45, 2.75) is 46.6 Å². The number of benzene rings is 3. The Labute approximate surface area is 237 Å². The summed E-state index contributed by atoms with van der Waals surface area (Å²) in [5.41, 5.74) is 4.17. The maximum Gasteiger partial charge on any atom is 0.175 e. The summed E-state index contributed by atoms with van der Waals surface area (Å²) in [7, 11) is 1.64. The van der Waals surface area contributed by atoms with Gasteiger partial charge in [0.2, 0.25) is 0 Å². The van der Waals surface area contributed by atoms with Crippen molar-refractivity contribution < 1.29 is 9.47 Å². The average molecular weight is 588 g/mol. The molecule has 3 aromatic carbocycles. The number of thiophene rings is 1. The molecule has 0 amide bonds. The highest BCUT2D eigenvalue weighted by Crippen LogP contribution is 2.45. The molecule has 0 spiro atoms. The Balaban J connectivity index is 1.38. The average Bonchev–Trinajstić information content (AvgIpc) is 3.27. The highest BCUT2D eigenvalue weighted by Gasteiger charge is 2.32. The van der Waals surface area contributed by atoms with Gasteiger partial charge in [-0.1, -0.05) is 63.2 Å². The second-order valence-electron chi connectivity index (χ2n) is 10.8. The summed E-state index contributed by atoms with van der Waals surface area (Å²) in [5, 5.41) is 13.1. The van der Waals surface area contributed by atoms with Gasteiger partial charge in [0.25, 0.3) is 0 Å². The Kier molecular flexibility index (Phi) is 7.61. The SMILES string of the molecule is COc1cc(C=Nc2sc3c(c2C#N)CC[C@H](C(C)(C)C)C3)cc(Br)c1OCc1cccc2ccccc12. The van der Waals surface area contributed by atoms with E-state index in [0.29, 0.717) is 24.0 Å². The van der Waals surface area contributed by atoms with Gasteiger partial charge in [-0.2, -0.15) is 5.26 Å². The number of fused-ring (bicyclic) bond motifs is 2. The maximum absolute atomic E-state index is 9.91. The van der Waals surface area contributed by atoms with Crippen molar-refractivity contribution >= 4 is 49.3 Å². The summed E-state index contributed by atoms with van der Waals surface area (Å²) < 4.78 is 12.7. The Morgan fingerprint density at radius 3 is 2.71 bits per heavy atom. The lowest BCUT2D eigenvalue weighted by Gasteiger charge is -2.33. The fourth-order valence-corrected chi connectivity index (χ4v) is 6.97. The fraction of sp³-hybridized carbons (Fsp3) is 0.312. The number of hydrogen-bond acceptors (Lipinski definition) is 5. The molecule has 0 bridgehead atoms. The van der Waals surface area contributed by atoms with Crippen molar-refractivity contribution in [3.05, 3.63) is 86.2 Å². The van der Waals surface area contributed by atoms with Crippen LogP contribution in [0.15, 0.2) is 64.1 Å². The van der Waals surface area contributed by atoms with Crippen LogP contribution in [-0.2, 0) is 19.4 Å². The van der Waals surface area contributed by atoms with Gasteiger partial charge >= 0.3 is 0 Å². The number of hydrogen-bond donors (Lipinski definition) is 0. The fourth-order valence-electron chi connectivity index (χ4n) is 5.17. The van der Waals surface area contributed by atoms with Crippen LogP contribution in [0.1, 0.15) is 54.3 Å². The topological polar surface area (TPSA) is 54.6 Å². The van der Waals surface area contributed by atoms with Gasteiger partial charge in [0.1, 0.15) is 17.7 Å². The van der Waals surface area contributed by atoms with Crippen LogP contribution in [0.2, 0.25) is 0 Å². The molecule has 0 N–H and O–H groups in total. The molecular formula is C32H31BrN2O2S. The molecule has 1 aliphatic carbocycles. The number of nitriles is 1. The minimum atomic E-state index is 0.262. The third-order valence-electron chi connectivity index (χ3n) is 7.42. The highest BCUT2D eigenvalue weighted by atomic mass is 79.9. The predicted octanol–water partition coefficient (Wildman–Crippen LogP) is 9.02. The zero-order chi connectivity index (χ0) is 26.9. The van der Waals surface area contributed by atoms with E-state index in [1.807, 2.05) is 30.3 Å². The van der Waals surface area contributed by atoms with Crippen LogP contribution in [0.5, 0.6) is 11.5 Å². The normalized spacial score (nSPS) is 15.4. The first-order valence-electron chi connectivity index (χ1n) is 12.8. The summed E-state index contributed by atoms with van der Waals surface area (Å²) in [5.74, 6) is 1.90. The molecular weight excluding hydrogens is 556 g/mol. The van der Waals surface area contributed by atoms with Gasteiger partial charge in [-0.15, -0.1) is 11.3 Å². The molecule has 0 saturated heterocycles. The molecule has 0 saturated carbocycles. The second-order valence-corrected chi connectivity index (χ2v) is 12.8. The van der Waals surface area contributed by atoms with Crippen molar-refractivity contribution in [2.24, 2.45) is 16.3 Å². The molecule has 0 unspecified atom stereocenters. The number of aliphatic imine (C=N–C) groups is 1. The standard InChI is InChI=1S/C32H31BrN2O2S/c1-32(2,3)23-12-13-25-26(17-34)31(38-29(25)16-23)35-18-20-14-27(33)30(28(15-20)36-4)37-19-22-10-7-9-21-8-5-6-11-24(21)22/h5-11,14-15,18,23H,12-13,16,19H2,1-4H3/t23-/m0/s1. The Morgan fingerprint density at radius 2 is 1.95 bits per heavy atom. The molecule has 1 aromatic heterocycles. The Hall–Kier alpha value is -3.14. The van der Waals surface area contributed by atoms with Gasteiger partial charge < -0.3 is 9.47 Å². The van der Waals surface area contributed by atoms with E-state index in [2.05, 4.69) is 67.0 Å². The van der Waals surface area contributed by atoms with Crippen molar-refractivity contribution in [2.75, 3.05) is 7.11 Å². The molecule has 0 aliphatic heterocycles. The van der Waals surface area contributed by atoms with E-state index in [4.69, 9.17) is 14.5 Å². The lowest BCUT2D eigenvalue weighted by molar-refractivity contribution is 0.218. The van der Waals surface area contributed by atoms with E-state index in [0.717, 1.165) is 45.4 Å². The van der Waals surface area contributed by atoms with Crippen LogP contribution in [0.3, 0.4) is 0 Å². The number of nitrogens with zero attached hydrogens (tertiary/aromatic N) is 2. The van der Waals surface area contributed by atoms with Gasteiger partial charge in [0.15, 0.2) is 11.5 Å². The number of methoxy groups -OCH3 is 1. The zero-order valence-corrected chi connectivity index (χ0v) is 24.6. The predicted molar refractivity (Wildman–Crippen MR) is 160 cm³/mol. The first kappa shape index (κ1) is 26.5. The molecule has 38 heavy (non-hydrogen) atoms. The molecule has 0 radical (unpaired) electrons. The quantitative estimate of drug-likeness (QED) is 0.212. The first-order chi connectivity index (χ1) is 18.3. The van der Waals surface area contributed by atoms with Crippen LogP contribution >= 0.6 is 27.3 Å². The largest absolute Gasteiger partial charge is 0.493 e. The summed E-state index contributed by atoms with van der Waals surface area (Å²) in [4.78, 5) is 6.08. The third-order valence-corrected chi connectivity index (χ3v) is 9.17. The molecule has 1 atom stereocenters. The zero-order valence-electron chi connectivity index (χ0n) is 22.2. The van der Waals surface area contributed by atoms with Crippen LogP contribution in [0, 0.1) is 22.7 Å². The first-order valence-corrected chi connectivity index (χ1v) is 14.4. The summed E-state index contributed by atoms with van der Waals surface area (Å²) in [6.07, 6.45) is 4.90. The minimum Gasteiger partial charge on any atom is -0.493 e. The van der Waals surface area contributed by atoms with E-state index >= 15 is 0 Å². The Morgan fingerprint density at radius 1 is 1.16 bits per heavy atom. The van der Waals surface area contributed by atoms with E-state index in [1.54, 1.807) is 24.7 Å². The van der Waals surface area contributed by atoms with Gasteiger partial charge in [-0.3, -0.25) is 0 Å². The maximum atomic E-state index is 9.91. The summed E-state index contributed by atoms with van der Waals surface area (Å²) in [6.45, 7) is 7.34. The molecule has 0 fully saturated rings. The molecule has 194 valence electrons. The third kappa shape index (κ3) is 5.36. The highest BCUT2D eigenvalue weighted by molar-refractivity contribution is 9.10. The van der Waals surface area contributed by atoms with E-state index in [9.17, 15) is 5.26 Å². The van der Waals surface area contributed by atoms with Crippen LogP contribution in [-0.4, -0.2) is 13.3 Å². The number of halogens is 1. The van der Waals surface area contributed by atoms with E-state index in [1.165, 1.54) is 21.2 Å². The van der Waals surface area contributed by atoms with Crippen molar-refractivity contribution in [1.82, 2.24) is 0 Å². The van der Waals surface area contributed by atoms with Gasteiger partial charge in [0.05, 0.1) is 17.1 Å². The minimum absolute atomic E-state index is 0.262. The van der Waals surface area contributed by atoms with Crippen molar-refractivity contribution in [1.29, 1.82) is 5.26 Å². The molecule has 4 aromatic rings. The van der Waals surface area contributed by atoms with E-state index in [-0.39, 0.29) is 5.41 Å². The molecule has 1 heterocycles. The molecule has 5 rings (SSSR count).